The van der Waals surface area contributed by atoms with Gasteiger partial charge in [0.15, 0.2) is 0 Å². The standard InChI is InChI=1S/C27H29NO4/c1-5-28(6-2)24(18-13-9-8-10-14-18)23-22-21(27(30)31-7-3)17(4)32-26(22)20-16-12-11-15-19(20)25(23)29/h8-16,24,29H,5-7H2,1-4H3. The molecule has 1 atom stereocenters. The number of carbonyl (C=O) groups excluding carboxylic acids is 1. The van der Waals surface area contributed by atoms with Crippen LogP contribution in [0, 0.1) is 6.92 Å². The molecule has 0 radical (unpaired) electrons. The maximum absolute atomic E-state index is 13.0. The number of hydrogen-bond donors (Lipinski definition) is 1. The monoisotopic (exact) mass is 431 g/mol. The predicted octanol–water partition coefficient (Wildman–Crippen LogP) is 6.21. The molecule has 0 aliphatic heterocycles. The normalized spacial score (nSPS) is 12.5. The lowest BCUT2D eigenvalue weighted by Gasteiger charge is -2.32. The molecule has 4 aromatic rings. The molecule has 5 heteroatoms. The van der Waals surface area contributed by atoms with Crippen molar-refractivity contribution in [1.82, 2.24) is 4.90 Å². The molecule has 1 N–H and O–H groups in total. The number of phenolic OH excluding ortho intramolecular Hbond substituents is 1. The molecule has 1 aromatic heterocycles. The van der Waals surface area contributed by atoms with Gasteiger partial charge in [0.25, 0.3) is 0 Å². The van der Waals surface area contributed by atoms with Gasteiger partial charge < -0.3 is 14.3 Å². The summed E-state index contributed by atoms with van der Waals surface area (Å²) in [5.74, 6) is 0.216. The number of phenols is 1. The molecule has 0 spiro atoms. The van der Waals surface area contributed by atoms with Crippen molar-refractivity contribution >= 4 is 27.7 Å². The molecule has 0 saturated carbocycles. The summed E-state index contributed by atoms with van der Waals surface area (Å²) in [5, 5.41) is 13.7. The third kappa shape index (κ3) is 3.53. The number of hydrogen-bond acceptors (Lipinski definition) is 5. The summed E-state index contributed by atoms with van der Waals surface area (Å²) < 4.78 is 11.6. The van der Waals surface area contributed by atoms with E-state index in [-0.39, 0.29) is 18.4 Å². The van der Waals surface area contributed by atoms with Crippen LogP contribution in [-0.4, -0.2) is 35.7 Å². The van der Waals surface area contributed by atoms with Crippen LogP contribution in [-0.2, 0) is 4.74 Å². The lowest BCUT2D eigenvalue weighted by atomic mass is 9.89. The minimum Gasteiger partial charge on any atom is -0.507 e. The van der Waals surface area contributed by atoms with Gasteiger partial charge in [0, 0.05) is 21.7 Å². The lowest BCUT2D eigenvalue weighted by Crippen LogP contribution is -2.29. The zero-order valence-corrected chi connectivity index (χ0v) is 19.0. The highest BCUT2D eigenvalue weighted by atomic mass is 16.5. The van der Waals surface area contributed by atoms with Crippen LogP contribution in [0.4, 0.5) is 0 Å². The highest BCUT2D eigenvalue weighted by molar-refractivity contribution is 6.16. The van der Waals surface area contributed by atoms with Gasteiger partial charge in [0.1, 0.15) is 22.7 Å². The Hall–Kier alpha value is -3.31. The number of aryl methyl sites for hydroxylation is 1. The van der Waals surface area contributed by atoms with Crippen LogP contribution in [0.3, 0.4) is 0 Å². The van der Waals surface area contributed by atoms with Gasteiger partial charge in [-0.3, -0.25) is 4.90 Å². The zero-order valence-electron chi connectivity index (χ0n) is 19.0. The second-order valence-electron chi connectivity index (χ2n) is 7.80. The first-order valence-electron chi connectivity index (χ1n) is 11.2. The molecular weight excluding hydrogens is 402 g/mol. The Morgan fingerprint density at radius 3 is 2.25 bits per heavy atom. The number of fused-ring (bicyclic) bond motifs is 3. The number of ether oxygens (including phenoxy) is 1. The smallest absolute Gasteiger partial charge is 0.342 e. The van der Waals surface area contributed by atoms with Crippen molar-refractivity contribution < 1.29 is 19.1 Å². The summed E-state index contributed by atoms with van der Waals surface area (Å²) in [6.45, 7) is 9.56. The zero-order chi connectivity index (χ0) is 22.8. The lowest BCUT2D eigenvalue weighted by molar-refractivity contribution is 0.0526. The Morgan fingerprint density at radius 1 is 1.00 bits per heavy atom. The molecule has 32 heavy (non-hydrogen) atoms. The predicted molar refractivity (Wildman–Crippen MR) is 127 cm³/mol. The minimum absolute atomic E-state index is 0.167. The average molecular weight is 432 g/mol. The number of carbonyl (C=O) groups is 1. The van der Waals surface area contributed by atoms with Crippen molar-refractivity contribution in [2.24, 2.45) is 0 Å². The van der Waals surface area contributed by atoms with E-state index in [1.165, 1.54) is 0 Å². The first-order valence-corrected chi connectivity index (χ1v) is 11.2. The van der Waals surface area contributed by atoms with Gasteiger partial charge in [0.05, 0.1) is 12.6 Å². The maximum Gasteiger partial charge on any atom is 0.342 e. The van der Waals surface area contributed by atoms with Crippen LogP contribution >= 0.6 is 0 Å². The van der Waals surface area contributed by atoms with Gasteiger partial charge in [0.2, 0.25) is 0 Å². The van der Waals surface area contributed by atoms with E-state index < -0.39 is 5.97 Å². The summed E-state index contributed by atoms with van der Waals surface area (Å²) in [6, 6.07) is 17.4. The SMILES string of the molecule is CCOC(=O)c1c(C)oc2c1c(C(c1ccccc1)N(CC)CC)c(O)c1ccccc12. The maximum atomic E-state index is 13.0. The number of rotatable bonds is 7. The van der Waals surface area contributed by atoms with E-state index in [0.29, 0.717) is 33.2 Å². The molecule has 1 heterocycles. The Balaban J connectivity index is 2.18. The van der Waals surface area contributed by atoms with Crippen LogP contribution in [0.1, 0.15) is 54.1 Å². The van der Waals surface area contributed by atoms with E-state index in [9.17, 15) is 9.90 Å². The average Bonchev–Trinajstić information content (AvgIpc) is 3.16. The van der Waals surface area contributed by atoms with Crippen LogP contribution in [0.15, 0.2) is 59.0 Å². The fraction of sp³-hybridized carbons (Fsp3) is 0.296. The molecule has 0 aliphatic carbocycles. The van der Waals surface area contributed by atoms with Gasteiger partial charge in [-0.25, -0.2) is 4.79 Å². The number of benzene rings is 3. The molecule has 0 fully saturated rings. The molecule has 0 amide bonds. The Bertz CT molecular complexity index is 1260. The topological polar surface area (TPSA) is 62.9 Å². The largest absolute Gasteiger partial charge is 0.507 e. The van der Waals surface area contributed by atoms with Crippen molar-refractivity contribution in [2.75, 3.05) is 19.7 Å². The number of aromatic hydroxyl groups is 1. The fourth-order valence-electron chi connectivity index (χ4n) is 4.64. The van der Waals surface area contributed by atoms with E-state index in [4.69, 9.17) is 9.15 Å². The highest BCUT2D eigenvalue weighted by Gasteiger charge is 2.32. The summed E-state index contributed by atoms with van der Waals surface area (Å²) in [6.07, 6.45) is 0. The van der Waals surface area contributed by atoms with Gasteiger partial charge in [-0.05, 0) is 32.5 Å². The third-order valence-electron chi connectivity index (χ3n) is 6.08. The first kappa shape index (κ1) is 21.9. The molecule has 166 valence electrons. The van der Waals surface area contributed by atoms with E-state index in [2.05, 4.69) is 30.9 Å². The summed E-state index contributed by atoms with van der Waals surface area (Å²) in [4.78, 5) is 15.3. The first-order chi connectivity index (χ1) is 15.5. The number of furan rings is 1. The molecule has 0 saturated heterocycles. The van der Waals surface area contributed by atoms with Crippen molar-refractivity contribution in [3.63, 3.8) is 0 Å². The van der Waals surface area contributed by atoms with Gasteiger partial charge >= 0.3 is 5.97 Å². The number of esters is 1. The summed E-state index contributed by atoms with van der Waals surface area (Å²) >= 11 is 0. The van der Waals surface area contributed by atoms with Crippen molar-refractivity contribution in [2.45, 2.75) is 33.7 Å². The van der Waals surface area contributed by atoms with E-state index >= 15 is 0 Å². The van der Waals surface area contributed by atoms with E-state index in [1.807, 2.05) is 42.5 Å². The molecule has 0 bridgehead atoms. The molecule has 5 nitrogen and oxygen atoms in total. The van der Waals surface area contributed by atoms with Crippen molar-refractivity contribution in [3.8, 4) is 5.75 Å². The van der Waals surface area contributed by atoms with Gasteiger partial charge in [-0.15, -0.1) is 0 Å². The Labute approximate surface area is 188 Å². The highest BCUT2D eigenvalue weighted by Crippen LogP contribution is 2.47. The fourth-order valence-corrected chi connectivity index (χ4v) is 4.64. The van der Waals surface area contributed by atoms with E-state index in [0.717, 1.165) is 24.0 Å². The Morgan fingerprint density at radius 2 is 1.62 bits per heavy atom. The minimum atomic E-state index is -0.439. The molecule has 3 aromatic carbocycles. The van der Waals surface area contributed by atoms with Gasteiger partial charge in [-0.2, -0.15) is 0 Å². The molecule has 0 aliphatic rings. The summed E-state index contributed by atoms with van der Waals surface area (Å²) in [5.41, 5.74) is 2.69. The number of nitrogens with zero attached hydrogens (tertiary/aromatic N) is 1. The van der Waals surface area contributed by atoms with Crippen LogP contribution < -0.4 is 0 Å². The second-order valence-corrected chi connectivity index (χ2v) is 7.80. The Kier molecular flexibility index (Phi) is 6.19. The summed E-state index contributed by atoms with van der Waals surface area (Å²) in [7, 11) is 0. The van der Waals surface area contributed by atoms with Crippen molar-refractivity contribution in [1.29, 1.82) is 0 Å². The van der Waals surface area contributed by atoms with E-state index in [1.54, 1.807) is 13.8 Å². The van der Waals surface area contributed by atoms with Crippen molar-refractivity contribution in [3.05, 3.63) is 77.0 Å². The molecular formula is C27H29NO4. The molecule has 1 unspecified atom stereocenters. The third-order valence-corrected chi connectivity index (χ3v) is 6.08. The quantitative estimate of drug-likeness (QED) is 0.353. The van der Waals surface area contributed by atoms with Crippen LogP contribution in [0.25, 0.3) is 21.7 Å². The second kappa shape index (κ2) is 9.05. The molecule has 4 rings (SSSR count). The van der Waals surface area contributed by atoms with Crippen LogP contribution in [0.2, 0.25) is 0 Å². The van der Waals surface area contributed by atoms with Gasteiger partial charge in [-0.1, -0.05) is 68.4 Å². The van der Waals surface area contributed by atoms with Crippen LogP contribution in [0.5, 0.6) is 5.75 Å².